The number of rotatable bonds is 3. The molecule has 0 aliphatic carbocycles. The van der Waals surface area contributed by atoms with E-state index in [9.17, 15) is 4.79 Å². The molecule has 1 aromatic carbocycles. The highest BCUT2D eigenvalue weighted by Crippen LogP contribution is 2.04. The maximum atomic E-state index is 11.9. The molecule has 0 spiro atoms. The van der Waals surface area contributed by atoms with E-state index >= 15 is 0 Å². The van der Waals surface area contributed by atoms with Crippen LogP contribution in [0, 0.1) is 0 Å². The lowest BCUT2D eigenvalue weighted by molar-refractivity contribution is -0.129. The highest BCUT2D eigenvalue weighted by Gasteiger charge is 2.27. The van der Waals surface area contributed by atoms with Gasteiger partial charge in [-0.15, -0.1) is 12.4 Å². The molecule has 2 N–H and O–H groups in total. The maximum Gasteiger partial charge on any atom is 0.240 e. The monoisotopic (exact) mass is 270 g/mol. The Morgan fingerprint density at radius 3 is 2.83 bits per heavy atom. The van der Waals surface area contributed by atoms with Crippen molar-refractivity contribution in [3.05, 3.63) is 35.9 Å². The minimum atomic E-state index is -0.243. The van der Waals surface area contributed by atoms with E-state index in [2.05, 4.69) is 10.6 Å². The Kier molecular flexibility index (Phi) is 6.12. The Balaban J connectivity index is 0.00000162. The summed E-state index contributed by atoms with van der Waals surface area (Å²) in [5.41, 5.74) is 1.10. The summed E-state index contributed by atoms with van der Waals surface area (Å²) in [6, 6.07) is 9.64. The molecule has 2 atom stereocenters. The van der Waals surface area contributed by atoms with Crippen LogP contribution >= 0.6 is 12.4 Å². The zero-order valence-corrected chi connectivity index (χ0v) is 11.2. The van der Waals surface area contributed by atoms with Gasteiger partial charge in [0.2, 0.25) is 5.91 Å². The average Bonchev–Trinajstić information content (AvgIpc) is 2.38. The zero-order chi connectivity index (χ0) is 12.1. The largest absolute Gasteiger partial charge is 0.375 e. The van der Waals surface area contributed by atoms with Crippen LogP contribution in [-0.4, -0.2) is 31.2 Å². The molecule has 100 valence electrons. The summed E-state index contributed by atoms with van der Waals surface area (Å²) in [6.07, 6.45) is -0.0699. The van der Waals surface area contributed by atoms with Gasteiger partial charge in [-0.2, -0.15) is 0 Å². The molecular formula is C13H19ClN2O2. The molecule has 0 saturated carbocycles. The SMILES string of the molecule is C[C@H]1OCCN[C@@H]1C(=O)NCc1ccccc1.Cl. The zero-order valence-electron chi connectivity index (χ0n) is 10.4. The van der Waals surface area contributed by atoms with E-state index in [1.165, 1.54) is 0 Å². The first kappa shape index (κ1) is 15.0. The van der Waals surface area contributed by atoms with E-state index in [0.29, 0.717) is 13.2 Å². The molecule has 1 saturated heterocycles. The van der Waals surface area contributed by atoms with Crippen molar-refractivity contribution in [1.82, 2.24) is 10.6 Å². The first-order chi connectivity index (χ1) is 8.27. The Hall–Kier alpha value is -1.10. The number of carbonyl (C=O) groups excluding carboxylic acids is 1. The number of nitrogens with one attached hydrogen (secondary N) is 2. The number of morpholine rings is 1. The van der Waals surface area contributed by atoms with Gasteiger partial charge in [-0.1, -0.05) is 30.3 Å². The number of amides is 1. The van der Waals surface area contributed by atoms with Crippen molar-refractivity contribution in [3.63, 3.8) is 0 Å². The van der Waals surface area contributed by atoms with Gasteiger partial charge in [0.25, 0.3) is 0 Å². The molecule has 1 aliphatic rings. The number of ether oxygens (including phenoxy) is 1. The van der Waals surface area contributed by atoms with Gasteiger partial charge in [0.05, 0.1) is 12.7 Å². The van der Waals surface area contributed by atoms with Crippen LogP contribution in [0.3, 0.4) is 0 Å². The molecule has 1 fully saturated rings. The molecule has 0 unspecified atom stereocenters. The number of hydrogen-bond acceptors (Lipinski definition) is 3. The number of carbonyl (C=O) groups is 1. The van der Waals surface area contributed by atoms with E-state index in [1.54, 1.807) is 0 Å². The molecule has 4 nitrogen and oxygen atoms in total. The Morgan fingerprint density at radius 2 is 2.17 bits per heavy atom. The van der Waals surface area contributed by atoms with Gasteiger partial charge in [0.15, 0.2) is 0 Å². The van der Waals surface area contributed by atoms with Crippen LogP contribution in [-0.2, 0) is 16.1 Å². The van der Waals surface area contributed by atoms with Crippen LogP contribution in [0.2, 0.25) is 0 Å². The average molecular weight is 271 g/mol. The molecule has 0 radical (unpaired) electrons. The van der Waals surface area contributed by atoms with Gasteiger partial charge < -0.3 is 15.4 Å². The third kappa shape index (κ3) is 3.98. The third-order valence-corrected chi connectivity index (χ3v) is 2.91. The van der Waals surface area contributed by atoms with Crippen molar-refractivity contribution < 1.29 is 9.53 Å². The Labute approximate surface area is 114 Å². The second-order valence-electron chi connectivity index (χ2n) is 4.21. The number of halogens is 1. The Morgan fingerprint density at radius 1 is 1.44 bits per heavy atom. The van der Waals surface area contributed by atoms with E-state index in [-0.39, 0.29) is 30.5 Å². The molecule has 1 aliphatic heterocycles. The molecule has 0 bridgehead atoms. The van der Waals surface area contributed by atoms with Crippen molar-refractivity contribution in [1.29, 1.82) is 0 Å². The predicted molar refractivity (Wildman–Crippen MR) is 72.7 cm³/mol. The van der Waals surface area contributed by atoms with Crippen LogP contribution < -0.4 is 10.6 Å². The minimum absolute atomic E-state index is 0. The lowest BCUT2D eigenvalue weighted by Gasteiger charge is -2.29. The summed E-state index contributed by atoms with van der Waals surface area (Å²) in [4.78, 5) is 11.9. The van der Waals surface area contributed by atoms with Crippen LogP contribution in [0.15, 0.2) is 30.3 Å². The highest BCUT2D eigenvalue weighted by atomic mass is 35.5. The third-order valence-electron chi connectivity index (χ3n) is 2.91. The summed E-state index contributed by atoms with van der Waals surface area (Å²) in [5.74, 6) is 0.000975. The van der Waals surface area contributed by atoms with Crippen molar-refractivity contribution >= 4 is 18.3 Å². The first-order valence-corrected chi connectivity index (χ1v) is 5.94. The van der Waals surface area contributed by atoms with Crippen LogP contribution in [0.4, 0.5) is 0 Å². The molecule has 5 heteroatoms. The fourth-order valence-electron chi connectivity index (χ4n) is 1.92. The van der Waals surface area contributed by atoms with Gasteiger partial charge in [-0.05, 0) is 12.5 Å². The van der Waals surface area contributed by atoms with Crippen molar-refractivity contribution in [2.24, 2.45) is 0 Å². The van der Waals surface area contributed by atoms with Gasteiger partial charge in [-0.25, -0.2) is 0 Å². The van der Waals surface area contributed by atoms with Gasteiger partial charge >= 0.3 is 0 Å². The highest BCUT2D eigenvalue weighted by molar-refractivity contribution is 5.85. The maximum absolute atomic E-state index is 11.9. The minimum Gasteiger partial charge on any atom is -0.375 e. The van der Waals surface area contributed by atoms with E-state index in [1.807, 2.05) is 37.3 Å². The summed E-state index contributed by atoms with van der Waals surface area (Å²) >= 11 is 0. The fourth-order valence-corrected chi connectivity index (χ4v) is 1.92. The van der Waals surface area contributed by atoms with Crippen molar-refractivity contribution in [2.75, 3.05) is 13.2 Å². The normalized spacial score (nSPS) is 22.9. The topological polar surface area (TPSA) is 50.4 Å². The van der Waals surface area contributed by atoms with Gasteiger partial charge in [0, 0.05) is 13.1 Å². The van der Waals surface area contributed by atoms with Crippen molar-refractivity contribution in [3.8, 4) is 0 Å². The summed E-state index contributed by atoms with van der Waals surface area (Å²) in [6.45, 7) is 3.88. The summed E-state index contributed by atoms with van der Waals surface area (Å²) in [7, 11) is 0. The van der Waals surface area contributed by atoms with E-state index < -0.39 is 0 Å². The lowest BCUT2D eigenvalue weighted by atomic mass is 10.1. The van der Waals surface area contributed by atoms with E-state index in [4.69, 9.17) is 4.74 Å². The molecule has 18 heavy (non-hydrogen) atoms. The smallest absolute Gasteiger partial charge is 0.240 e. The second kappa shape index (κ2) is 7.36. The first-order valence-electron chi connectivity index (χ1n) is 5.94. The van der Waals surface area contributed by atoms with Crippen LogP contribution in [0.1, 0.15) is 12.5 Å². The summed E-state index contributed by atoms with van der Waals surface area (Å²) in [5, 5.41) is 6.09. The predicted octanol–water partition coefficient (Wildman–Crippen LogP) is 1.10. The van der Waals surface area contributed by atoms with Crippen LogP contribution in [0.5, 0.6) is 0 Å². The molecule has 1 aromatic rings. The quantitative estimate of drug-likeness (QED) is 0.865. The molecular weight excluding hydrogens is 252 g/mol. The number of benzene rings is 1. The second-order valence-corrected chi connectivity index (χ2v) is 4.21. The summed E-state index contributed by atoms with van der Waals surface area (Å²) < 4.78 is 5.44. The molecule has 1 heterocycles. The van der Waals surface area contributed by atoms with Crippen molar-refractivity contribution in [2.45, 2.75) is 25.6 Å². The van der Waals surface area contributed by atoms with Gasteiger partial charge in [-0.3, -0.25) is 4.79 Å². The molecule has 1 amide bonds. The van der Waals surface area contributed by atoms with Gasteiger partial charge in [0.1, 0.15) is 6.04 Å². The number of hydrogen-bond donors (Lipinski definition) is 2. The van der Waals surface area contributed by atoms with E-state index in [0.717, 1.165) is 12.1 Å². The van der Waals surface area contributed by atoms with Crippen LogP contribution in [0.25, 0.3) is 0 Å². The Bertz CT molecular complexity index is 373. The lowest BCUT2D eigenvalue weighted by Crippen LogP contribution is -2.55. The fraction of sp³-hybridized carbons (Fsp3) is 0.462. The standard InChI is InChI=1S/C13H18N2O2.ClH/c1-10-12(14-7-8-17-10)13(16)15-9-11-5-3-2-4-6-11;/h2-6,10,12,14H,7-9H2,1H3,(H,15,16);1H/t10-,12+;/m1./s1. The molecule has 2 rings (SSSR count). The molecule has 0 aromatic heterocycles.